The van der Waals surface area contributed by atoms with E-state index in [0.29, 0.717) is 12.0 Å². The molecule has 148 valence electrons. The Morgan fingerprint density at radius 2 is 1.96 bits per heavy atom. The minimum Gasteiger partial charge on any atom is -0.361 e. The molecule has 2 aromatic heterocycles. The summed E-state index contributed by atoms with van der Waals surface area (Å²) in [6.45, 7) is 8.47. The molecule has 0 amide bonds. The fourth-order valence-electron chi connectivity index (χ4n) is 4.18. The standard InChI is InChI=1S/C22H28N4OS/c1-14-8-7-10-18(12-14)21-23-24-22(26(21)20-11-6-5-9-15(20)2)28-13-19-16(3)25-27-17(19)4/h7-8,10,12,15,20H,5-6,9,11,13H2,1-4H3/t15-,20+/m1/s1. The molecule has 3 aromatic rings. The summed E-state index contributed by atoms with van der Waals surface area (Å²) in [6.07, 6.45) is 5.05. The average Bonchev–Trinajstić information content (AvgIpc) is 3.24. The van der Waals surface area contributed by atoms with Gasteiger partial charge in [-0.3, -0.25) is 4.57 Å². The Bertz CT molecular complexity index is 942. The van der Waals surface area contributed by atoms with Crippen LogP contribution >= 0.6 is 11.8 Å². The third kappa shape index (κ3) is 3.75. The molecule has 1 aliphatic rings. The number of thioether (sulfide) groups is 1. The topological polar surface area (TPSA) is 56.7 Å². The van der Waals surface area contributed by atoms with E-state index < -0.39 is 0 Å². The van der Waals surface area contributed by atoms with Crippen molar-refractivity contribution in [2.24, 2.45) is 5.92 Å². The van der Waals surface area contributed by atoms with Gasteiger partial charge in [0.2, 0.25) is 0 Å². The highest BCUT2D eigenvalue weighted by atomic mass is 32.2. The van der Waals surface area contributed by atoms with Gasteiger partial charge in [0.15, 0.2) is 11.0 Å². The highest BCUT2D eigenvalue weighted by Gasteiger charge is 2.29. The van der Waals surface area contributed by atoms with Crippen LogP contribution in [-0.2, 0) is 5.75 Å². The Kier molecular flexibility index (Phi) is 5.58. The van der Waals surface area contributed by atoms with Gasteiger partial charge in [-0.2, -0.15) is 0 Å². The average molecular weight is 397 g/mol. The van der Waals surface area contributed by atoms with Crippen LogP contribution in [-0.4, -0.2) is 19.9 Å². The molecule has 0 bridgehead atoms. The molecule has 0 aliphatic heterocycles. The highest BCUT2D eigenvalue weighted by Crippen LogP contribution is 2.39. The lowest BCUT2D eigenvalue weighted by atomic mass is 9.85. The molecule has 4 rings (SSSR count). The summed E-state index contributed by atoms with van der Waals surface area (Å²) in [6, 6.07) is 9.03. The lowest BCUT2D eigenvalue weighted by Gasteiger charge is -2.31. The first-order chi connectivity index (χ1) is 13.5. The number of hydrogen-bond donors (Lipinski definition) is 0. The largest absolute Gasteiger partial charge is 0.361 e. The van der Waals surface area contributed by atoms with Crippen molar-refractivity contribution in [3.63, 3.8) is 0 Å². The van der Waals surface area contributed by atoms with Crippen LogP contribution in [0.4, 0.5) is 0 Å². The Balaban J connectivity index is 1.71. The van der Waals surface area contributed by atoms with Crippen LogP contribution in [0.15, 0.2) is 33.9 Å². The molecule has 0 saturated heterocycles. The van der Waals surface area contributed by atoms with Gasteiger partial charge in [-0.15, -0.1) is 10.2 Å². The third-order valence-electron chi connectivity index (χ3n) is 5.87. The van der Waals surface area contributed by atoms with Gasteiger partial charge in [0.05, 0.1) is 5.69 Å². The number of aromatic nitrogens is 4. The van der Waals surface area contributed by atoms with Gasteiger partial charge in [-0.25, -0.2) is 0 Å². The van der Waals surface area contributed by atoms with E-state index >= 15 is 0 Å². The zero-order chi connectivity index (χ0) is 19.7. The summed E-state index contributed by atoms with van der Waals surface area (Å²) in [5.41, 5.74) is 4.51. The summed E-state index contributed by atoms with van der Waals surface area (Å²) in [5.74, 6) is 3.31. The second-order valence-electron chi connectivity index (χ2n) is 7.97. The molecule has 1 saturated carbocycles. The van der Waals surface area contributed by atoms with Crippen molar-refractivity contribution in [3.05, 3.63) is 46.8 Å². The molecule has 0 N–H and O–H groups in total. The lowest BCUT2D eigenvalue weighted by Crippen LogP contribution is -2.22. The molecular weight excluding hydrogens is 368 g/mol. The van der Waals surface area contributed by atoms with E-state index in [2.05, 4.69) is 58.0 Å². The van der Waals surface area contributed by atoms with Crippen molar-refractivity contribution in [2.75, 3.05) is 0 Å². The van der Waals surface area contributed by atoms with Crippen LogP contribution in [0, 0.1) is 26.7 Å². The van der Waals surface area contributed by atoms with Crippen LogP contribution in [0.3, 0.4) is 0 Å². The summed E-state index contributed by atoms with van der Waals surface area (Å²) in [4.78, 5) is 0. The van der Waals surface area contributed by atoms with E-state index in [1.54, 1.807) is 11.8 Å². The summed E-state index contributed by atoms with van der Waals surface area (Å²) in [5, 5.41) is 14.3. The van der Waals surface area contributed by atoms with Gasteiger partial charge in [0.25, 0.3) is 0 Å². The van der Waals surface area contributed by atoms with Crippen LogP contribution < -0.4 is 0 Å². The van der Waals surface area contributed by atoms with E-state index in [9.17, 15) is 0 Å². The molecule has 1 aromatic carbocycles. The fraction of sp³-hybridized carbons (Fsp3) is 0.500. The normalized spacial score (nSPS) is 19.9. The number of hydrogen-bond acceptors (Lipinski definition) is 5. The molecule has 5 nitrogen and oxygen atoms in total. The molecule has 1 aliphatic carbocycles. The van der Waals surface area contributed by atoms with Crippen molar-refractivity contribution < 1.29 is 4.52 Å². The number of benzene rings is 1. The Morgan fingerprint density at radius 1 is 1.14 bits per heavy atom. The Hall–Kier alpha value is -2.08. The molecule has 0 spiro atoms. The maximum Gasteiger partial charge on any atom is 0.192 e. The van der Waals surface area contributed by atoms with Gasteiger partial charge in [-0.1, -0.05) is 60.4 Å². The van der Waals surface area contributed by atoms with Gasteiger partial charge in [0, 0.05) is 22.9 Å². The quantitative estimate of drug-likeness (QED) is 0.502. The van der Waals surface area contributed by atoms with Crippen molar-refractivity contribution in [1.29, 1.82) is 0 Å². The first-order valence-corrected chi connectivity index (χ1v) is 11.1. The van der Waals surface area contributed by atoms with Crippen LogP contribution in [0.1, 0.15) is 61.2 Å². The first-order valence-electron chi connectivity index (χ1n) is 10.1. The third-order valence-corrected chi connectivity index (χ3v) is 6.84. The van der Waals surface area contributed by atoms with Gasteiger partial charge >= 0.3 is 0 Å². The predicted octanol–water partition coefficient (Wildman–Crippen LogP) is 5.90. The molecule has 0 radical (unpaired) electrons. The van der Waals surface area contributed by atoms with E-state index in [1.165, 1.54) is 31.2 Å². The van der Waals surface area contributed by atoms with Crippen LogP contribution in [0.5, 0.6) is 0 Å². The van der Waals surface area contributed by atoms with Crippen molar-refractivity contribution >= 4 is 11.8 Å². The number of aryl methyl sites for hydroxylation is 3. The molecule has 28 heavy (non-hydrogen) atoms. The number of rotatable bonds is 5. The second-order valence-corrected chi connectivity index (χ2v) is 8.91. The monoisotopic (exact) mass is 396 g/mol. The van der Waals surface area contributed by atoms with Crippen molar-refractivity contribution in [3.8, 4) is 11.4 Å². The van der Waals surface area contributed by atoms with Crippen molar-refractivity contribution in [1.82, 2.24) is 19.9 Å². The van der Waals surface area contributed by atoms with E-state index in [-0.39, 0.29) is 0 Å². The van der Waals surface area contributed by atoms with Crippen molar-refractivity contribution in [2.45, 2.75) is 70.3 Å². The first kappa shape index (κ1) is 19.2. The SMILES string of the molecule is Cc1cccc(-c2nnc(SCc3c(C)noc3C)n2[C@H]2CCCC[C@H]2C)c1. The summed E-state index contributed by atoms with van der Waals surface area (Å²) >= 11 is 1.74. The smallest absolute Gasteiger partial charge is 0.192 e. The molecule has 1 fully saturated rings. The summed E-state index contributed by atoms with van der Waals surface area (Å²) < 4.78 is 7.73. The number of nitrogens with zero attached hydrogens (tertiary/aromatic N) is 4. The second kappa shape index (κ2) is 8.11. The zero-order valence-electron chi connectivity index (χ0n) is 17.1. The highest BCUT2D eigenvalue weighted by molar-refractivity contribution is 7.98. The van der Waals surface area contributed by atoms with Gasteiger partial charge in [-0.05, 0) is 45.6 Å². The molecule has 6 heteroatoms. The minimum absolute atomic E-state index is 0.450. The van der Waals surface area contributed by atoms with Gasteiger partial charge in [0.1, 0.15) is 5.76 Å². The molecule has 0 unspecified atom stereocenters. The molecule has 2 atom stereocenters. The van der Waals surface area contributed by atoms with E-state index in [0.717, 1.165) is 39.3 Å². The molecule has 2 heterocycles. The summed E-state index contributed by atoms with van der Waals surface area (Å²) in [7, 11) is 0. The maximum absolute atomic E-state index is 5.33. The zero-order valence-corrected chi connectivity index (χ0v) is 17.9. The predicted molar refractivity (Wildman–Crippen MR) is 112 cm³/mol. The van der Waals surface area contributed by atoms with Crippen LogP contribution in [0.25, 0.3) is 11.4 Å². The Labute approximate surface area is 170 Å². The lowest BCUT2D eigenvalue weighted by molar-refractivity contribution is 0.247. The van der Waals surface area contributed by atoms with Crippen LogP contribution in [0.2, 0.25) is 0 Å². The van der Waals surface area contributed by atoms with E-state index in [1.807, 2.05) is 13.8 Å². The molecular formula is C22H28N4OS. The Morgan fingerprint density at radius 3 is 2.68 bits per heavy atom. The minimum atomic E-state index is 0.450. The fourth-order valence-corrected chi connectivity index (χ4v) is 5.33. The van der Waals surface area contributed by atoms with Gasteiger partial charge < -0.3 is 4.52 Å². The maximum atomic E-state index is 5.33. The van der Waals surface area contributed by atoms with E-state index in [4.69, 9.17) is 4.52 Å².